The number of allylic oxidation sites excluding steroid dienone is 1. The molecule has 2 aromatic carbocycles. The van der Waals surface area contributed by atoms with E-state index in [0.29, 0.717) is 11.1 Å². The Morgan fingerprint density at radius 3 is 2.07 bits per heavy atom. The number of hydrogen-bond acceptors (Lipinski definition) is 16. The van der Waals surface area contributed by atoms with E-state index >= 15 is 0 Å². The number of methoxy groups -OCH3 is 1. The molecule has 7 N–H and O–H groups in total. The van der Waals surface area contributed by atoms with Crippen molar-refractivity contribution < 1.29 is 105 Å². The maximum Gasteiger partial charge on any atom is 1.00 e. The number of likely N-dealkylation sites (N-methyl/N-ethyl adjacent to an activating group) is 1. The van der Waals surface area contributed by atoms with Gasteiger partial charge in [-0.05, 0) is 61.8 Å². The number of nitrogens with one attached hydrogen (secondary N) is 5. The fourth-order valence-electron chi connectivity index (χ4n) is 7.79. The number of ether oxygens (including phenoxy) is 2. The van der Waals surface area contributed by atoms with Crippen LogP contribution in [-0.4, -0.2) is 156 Å². The zero-order chi connectivity index (χ0) is 52.2. The second kappa shape index (κ2) is 26.8. The summed E-state index contributed by atoms with van der Waals surface area (Å²) < 4.78 is 48.1. The molecule has 2 aromatic rings. The van der Waals surface area contributed by atoms with Crippen molar-refractivity contribution in [3.05, 3.63) is 77.5 Å². The van der Waals surface area contributed by atoms with E-state index in [0.717, 1.165) is 16.9 Å². The molecular formula is C46H62N7NaO16S. The van der Waals surface area contributed by atoms with Gasteiger partial charge in [0.1, 0.15) is 66.6 Å². The van der Waals surface area contributed by atoms with Crippen LogP contribution in [0.25, 0.3) is 0 Å². The Kier molecular flexibility index (Phi) is 22.6. The first-order valence-corrected chi connectivity index (χ1v) is 23.8. The van der Waals surface area contributed by atoms with Gasteiger partial charge in [0, 0.05) is 27.0 Å². The first kappa shape index (κ1) is 59.8. The molecule has 0 saturated carbocycles. The van der Waals surface area contributed by atoms with Crippen LogP contribution in [0, 0.1) is 11.8 Å². The van der Waals surface area contributed by atoms with Crippen LogP contribution in [0.5, 0.6) is 5.75 Å². The molecule has 4 rings (SSSR count). The molecule has 71 heavy (non-hydrogen) atoms. The third kappa shape index (κ3) is 16.5. The zero-order valence-electron chi connectivity index (χ0n) is 41.1. The van der Waals surface area contributed by atoms with Gasteiger partial charge in [-0.1, -0.05) is 76.2 Å². The molecule has 23 nitrogen and oxygen atoms in total. The van der Waals surface area contributed by atoms with Crippen molar-refractivity contribution in [2.24, 2.45) is 11.8 Å². The number of aliphatic hydroxyl groups is 1. The van der Waals surface area contributed by atoms with Gasteiger partial charge in [-0.15, -0.1) is 0 Å². The van der Waals surface area contributed by atoms with Crippen LogP contribution in [0.15, 0.2) is 66.4 Å². The topological polar surface area (TPSA) is 329 Å². The minimum atomic E-state index is -5.24. The normalized spacial score (nSPS) is 24.6. The molecule has 2 saturated heterocycles. The van der Waals surface area contributed by atoms with Crippen LogP contribution >= 0.6 is 0 Å². The molecule has 0 aliphatic carbocycles. The molecule has 9 atom stereocenters. The average molecular weight is 1020 g/mol. The summed E-state index contributed by atoms with van der Waals surface area (Å²) >= 11 is 0. The fraction of sp³-hybridized carbons (Fsp3) is 0.522. The van der Waals surface area contributed by atoms with Crippen LogP contribution < -0.4 is 56.1 Å². The number of hydrogen-bond donors (Lipinski definition) is 7. The molecule has 0 unspecified atom stereocenters. The molecule has 0 spiro atoms. The Hall–Kier alpha value is -5.47. The molecule has 2 heterocycles. The van der Waals surface area contributed by atoms with Crippen LogP contribution in [-0.2, 0) is 75.3 Å². The molecule has 2 aliphatic heterocycles. The number of amides is 7. The number of nitrogens with zero attached hydrogens (tertiary/aromatic N) is 2. The number of benzene rings is 2. The van der Waals surface area contributed by atoms with Gasteiger partial charge in [0.25, 0.3) is 17.7 Å². The summed E-state index contributed by atoms with van der Waals surface area (Å²) in [5.74, 6) is -9.38. The van der Waals surface area contributed by atoms with E-state index in [1.165, 1.54) is 65.1 Å². The number of rotatable bonds is 14. The number of phenols is 1. The van der Waals surface area contributed by atoms with Gasteiger partial charge < -0.3 is 60.6 Å². The SMILES string of the molecule is C/C=C1\NC(=O)[C@@H](NC(=O)[C@@H](NC(=O)[C@@H](COS(=O)(=O)[O-])OC)C(C)C)[C@@H](C)OC(=O)[C@H](C(C)C)NC(=O)[C@H](Cc2ccc(O)cc2)N(C)C(=O)[C@H](Cc2ccccc2)N2C(=O)[C@H](CC[C@H]2O)NC1=O.[Na+]. The minimum Gasteiger partial charge on any atom is -0.726 e. The zero-order valence-corrected chi connectivity index (χ0v) is 43.9. The number of carbonyl (C=O) groups excluding carboxylic acids is 8. The predicted octanol–water partition coefficient (Wildman–Crippen LogP) is -3.97. The summed E-state index contributed by atoms with van der Waals surface area (Å²) in [5.41, 5.74) is 0.628. The fourth-order valence-corrected chi connectivity index (χ4v) is 8.08. The molecule has 2 aliphatic rings. The number of aliphatic hydroxyl groups excluding tert-OH is 1. The van der Waals surface area contributed by atoms with Crippen molar-refractivity contribution >= 4 is 57.7 Å². The van der Waals surface area contributed by atoms with Crippen molar-refractivity contribution in [2.45, 2.75) is 122 Å². The largest absolute Gasteiger partial charge is 1.00 e. The van der Waals surface area contributed by atoms with Crippen molar-refractivity contribution in [2.75, 3.05) is 20.8 Å². The van der Waals surface area contributed by atoms with Crippen molar-refractivity contribution in [3.63, 3.8) is 0 Å². The van der Waals surface area contributed by atoms with Gasteiger partial charge in [0.2, 0.25) is 34.0 Å². The third-order valence-electron chi connectivity index (χ3n) is 11.8. The van der Waals surface area contributed by atoms with Gasteiger partial charge in [-0.25, -0.2) is 13.2 Å². The van der Waals surface area contributed by atoms with E-state index in [9.17, 15) is 61.5 Å². The predicted molar refractivity (Wildman–Crippen MR) is 246 cm³/mol. The number of carbonyl (C=O) groups is 8. The van der Waals surface area contributed by atoms with Gasteiger partial charge in [-0.2, -0.15) is 0 Å². The van der Waals surface area contributed by atoms with Gasteiger partial charge in [0.15, 0.2) is 6.10 Å². The number of cyclic esters (lactones) is 1. The van der Waals surface area contributed by atoms with E-state index < -0.39 is 137 Å². The number of aromatic hydroxyl groups is 1. The van der Waals surface area contributed by atoms with Gasteiger partial charge >= 0.3 is 35.5 Å². The standard InChI is InChI=1S/C46H63N7O16S.Na/c1-9-30-39(56)48-31-19-20-35(55)53(44(31)61)33(22-27-13-11-10-12-14-27)45(62)52(7)32(21-28-15-17-29(54)18-16-28)40(57)50-37(25(4)5)46(63)69-26(6)38(43(60)47-30)51-42(59)36(24(2)3)49-41(58)34(67-8)23-68-70(64,65)66;/h9-18,24-26,31-38,54-55H,19-23H2,1-8H3,(H,47,60)(H,48,56)(H,49,58)(H,50,57)(H,51,59)(H,64,65,66);/q;+1/p-1/b30-9-;/t26-,31+,32+,33+,34-,35-,36+,37+,38+;/m1./s1. The van der Waals surface area contributed by atoms with Crippen LogP contribution in [0.3, 0.4) is 0 Å². The summed E-state index contributed by atoms with van der Waals surface area (Å²) in [5, 5.41) is 33.9. The monoisotopic (exact) mass is 1020 g/mol. The van der Waals surface area contributed by atoms with E-state index in [4.69, 9.17) is 9.47 Å². The number of fused-ring (bicyclic) bond motifs is 2. The average Bonchev–Trinajstić information content (AvgIpc) is 3.30. The summed E-state index contributed by atoms with van der Waals surface area (Å²) in [6.07, 6.45) is -4.17. The third-order valence-corrected chi connectivity index (χ3v) is 12.2. The molecule has 25 heteroatoms. The Morgan fingerprint density at radius 1 is 0.901 bits per heavy atom. The smallest absolute Gasteiger partial charge is 0.726 e. The Bertz CT molecular complexity index is 2370. The maximum atomic E-state index is 15.0. The first-order valence-electron chi connectivity index (χ1n) is 22.5. The molecule has 2 fully saturated rings. The van der Waals surface area contributed by atoms with Crippen LogP contribution in [0.2, 0.25) is 0 Å². The molecule has 2 bridgehead atoms. The van der Waals surface area contributed by atoms with E-state index in [-0.39, 0.29) is 61.0 Å². The summed E-state index contributed by atoms with van der Waals surface area (Å²) in [6, 6.07) is 5.34. The van der Waals surface area contributed by atoms with Crippen LogP contribution in [0.1, 0.15) is 65.5 Å². The van der Waals surface area contributed by atoms with Gasteiger partial charge in [-0.3, -0.25) is 37.7 Å². The second-order valence-corrected chi connectivity index (χ2v) is 18.6. The molecule has 0 aromatic heterocycles. The Morgan fingerprint density at radius 2 is 1.51 bits per heavy atom. The molecular weight excluding hydrogens is 962 g/mol. The van der Waals surface area contributed by atoms with E-state index in [1.807, 2.05) is 0 Å². The molecule has 0 radical (unpaired) electrons. The summed E-state index contributed by atoms with van der Waals surface area (Å²) in [6.45, 7) is 7.75. The van der Waals surface area contributed by atoms with E-state index in [2.05, 4.69) is 30.8 Å². The summed E-state index contributed by atoms with van der Waals surface area (Å²) in [4.78, 5) is 116. The number of esters is 1. The Labute approximate surface area is 434 Å². The molecule has 7 amide bonds. The minimum absolute atomic E-state index is 0. The van der Waals surface area contributed by atoms with Crippen LogP contribution in [0.4, 0.5) is 0 Å². The van der Waals surface area contributed by atoms with Crippen molar-refractivity contribution in [3.8, 4) is 5.75 Å². The quantitative estimate of drug-likeness (QED) is 0.0312. The van der Waals surface area contributed by atoms with Crippen molar-refractivity contribution in [1.29, 1.82) is 0 Å². The van der Waals surface area contributed by atoms with E-state index in [1.54, 1.807) is 44.2 Å². The van der Waals surface area contributed by atoms with Crippen molar-refractivity contribution in [1.82, 2.24) is 36.4 Å². The summed E-state index contributed by atoms with van der Waals surface area (Å²) in [7, 11) is -2.90. The molecule has 384 valence electrons. The Balaban J connectivity index is 0.0000133. The number of phenolic OH excluding ortho intramolecular Hbond substituents is 1. The first-order chi connectivity index (χ1) is 32.9. The van der Waals surface area contributed by atoms with Gasteiger partial charge in [0.05, 0.1) is 0 Å². The second-order valence-electron chi connectivity index (χ2n) is 17.6. The maximum absolute atomic E-state index is 15.0. The number of piperidine rings is 1.